The number of hydrogen-bond donors (Lipinski definition) is 4. The van der Waals surface area contributed by atoms with E-state index in [2.05, 4.69) is 10.6 Å². The third kappa shape index (κ3) is 12.2. The van der Waals surface area contributed by atoms with Crippen LogP contribution in [0.15, 0.2) is 78.9 Å². The van der Waals surface area contributed by atoms with E-state index in [1.807, 2.05) is 78.9 Å². The highest BCUT2D eigenvalue weighted by atomic mass is 16.5. The predicted molar refractivity (Wildman–Crippen MR) is 189 cm³/mol. The molecular weight excluding hydrogens is 624 g/mol. The number of amides is 2. The number of aliphatic hydroxyl groups is 1. The molecule has 0 heterocycles. The van der Waals surface area contributed by atoms with Crippen LogP contribution < -0.4 is 20.1 Å². The third-order valence-electron chi connectivity index (χ3n) is 8.52. The van der Waals surface area contributed by atoms with Gasteiger partial charge >= 0.3 is 5.97 Å². The lowest BCUT2D eigenvalue weighted by Gasteiger charge is -2.36. The van der Waals surface area contributed by atoms with Gasteiger partial charge in [0.2, 0.25) is 11.8 Å². The highest BCUT2D eigenvalue weighted by molar-refractivity contribution is 5.88. The SMILES string of the molecule is COc1ccc(C(OCCNC(=O)C(NC(=O)CCCCCCCCCCC(=O)O)C(C)O)(c2ccccc2)c2ccc(OC)cc2)cc1. The molecule has 3 aromatic rings. The second-order valence-corrected chi connectivity index (χ2v) is 12.2. The van der Waals surface area contributed by atoms with Crippen molar-refractivity contribution in [1.82, 2.24) is 10.6 Å². The first kappa shape index (κ1) is 39.0. The van der Waals surface area contributed by atoms with Crippen molar-refractivity contribution in [3.8, 4) is 11.5 Å². The molecule has 3 rings (SSSR count). The Hall–Kier alpha value is -4.41. The van der Waals surface area contributed by atoms with Crippen LogP contribution in [0.2, 0.25) is 0 Å². The minimum atomic E-state index is -1.10. The van der Waals surface area contributed by atoms with E-state index in [1.165, 1.54) is 6.92 Å². The predicted octanol–water partition coefficient (Wildman–Crippen LogP) is 5.98. The first-order valence-electron chi connectivity index (χ1n) is 17.2. The molecule has 266 valence electrons. The molecule has 4 N–H and O–H groups in total. The number of unbranched alkanes of at least 4 members (excludes halogenated alkanes) is 7. The fourth-order valence-electron chi connectivity index (χ4n) is 5.84. The fourth-order valence-corrected chi connectivity index (χ4v) is 5.84. The smallest absolute Gasteiger partial charge is 0.303 e. The van der Waals surface area contributed by atoms with Gasteiger partial charge in [-0.05, 0) is 60.7 Å². The Morgan fingerprint density at radius 2 is 1.16 bits per heavy atom. The summed E-state index contributed by atoms with van der Waals surface area (Å²) in [6, 6.07) is 24.1. The van der Waals surface area contributed by atoms with Gasteiger partial charge in [0, 0.05) is 19.4 Å². The van der Waals surface area contributed by atoms with Gasteiger partial charge in [-0.3, -0.25) is 14.4 Å². The van der Waals surface area contributed by atoms with Crippen LogP contribution in [0.1, 0.15) is 87.8 Å². The largest absolute Gasteiger partial charge is 0.497 e. The maximum absolute atomic E-state index is 13.2. The number of hydrogen-bond acceptors (Lipinski definition) is 7. The van der Waals surface area contributed by atoms with Gasteiger partial charge < -0.3 is 35.1 Å². The van der Waals surface area contributed by atoms with Gasteiger partial charge in [-0.1, -0.05) is 93.1 Å². The normalized spacial score (nSPS) is 12.5. The summed E-state index contributed by atoms with van der Waals surface area (Å²) in [5, 5.41) is 24.6. The molecule has 0 spiro atoms. The Morgan fingerprint density at radius 3 is 1.63 bits per heavy atom. The summed E-state index contributed by atoms with van der Waals surface area (Å²) in [7, 11) is 3.23. The molecule has 0 aliphatic carbocycles. The molecule has 49 heavy (non-hydrogen) atoms. The van der Waals surface area contributed by atoms with Crippen molar-refractivity contribution < 1.29 is 38.8 Å². The number of carbonyl (C=O) groups excluding carboxylic acids is 2. The number of carbonyl (C=O) groups is 3. The molecule has 0 bridgehead atoms. The second-order valence-electron chi connectivity index (χ2n) is 12.2. The van der Waals surface area contributed by atoms with Crippen LogP contribution in [0.5, 0.6) is 11.5 Å². The van der Waals surface area contributed by atoms with Crippen LogP contribution in [0.25, 0.3) is 0 Å². The molecule has 0 saturated heterocycles. The van der Waals surface area contributed by atoms with Crippen molar-refractivity contribution in [2.24, 2.45) is 0 Å². The minimum absolute atomic E-state index is 0.124. The van der Waals surface area contributed by atoms with Crippen LogP contribution in [-0.4, -0.2) is 67.5 Å². The lowest BCUT2D eigenvalue weighted by atomic mass is 9.80. The number of aliphatic hydroxyl groups excluding tert-OH is 1. The van der Waals surface area contributed by atoms with Gasteiger partial charge in [0.25, 0.3) is 0 Å². The molecule has 0 radical (unpaired) electrons. The molecule has 10 nitrogen and oxygen atoms in total. The Morgan fingerprint density at radius 1 is 0.694 bits per heavy atom. The quantitative estimate of drug-likeness (QED) is 0.0710. The number of carboxylic acids is 1. The minimum Gasteiger partial charge on any atom is -0.497 e. The Kier molecular flexibility index (Phi) is 16.6. The third-order valence-corrected chi connectivity index (χ3v) is 8.52. The molecule has 0 aliphatic heterocycles. The number of carboxylic acid groups (broad SMARTS) is 1. The van der Waals surface area contributed by atoms with Gasteiger partial charge in [0.15, 0.2) is 0 Å². The summed E-state index contributed by atoms with van der Waals surface area (Å²) < 4.78 is 17.6. The van der Waals surface area contributed by atoms with Crippen LogP contribution >= 0.6 is 0 Å². The highest BCUT2D eigenvalue weighted by Crippen LogP contribution is 2.41. The summed E-state index contributed by atoms with van der Waals surface area (Å²) in [6.07, 6.45) is 6.69. The van der Waals surface area contributed by atoms with E-state index in [-0.39, 0.29) is 31.9 Å². The Balaban J connectivity index is 1.59. The molecule has 0 fully saturated rings. The van der Waals surface area contributed by atoms with Crippen molar-refractivity contribution in [3.05, 3.63) is 95.6 Å². The number of rotatable bonds is 23. The standard InChI is InChI=1S/C39H52N2O8/c1-29(42)37(41-35(43)17-13-8-6-4-5-7-9-14-18-36(44)45)38(46)40-27-28-49-39(30-15-11-10-12-16-30,31-19-23-33(47-2)24-20-31)32-21-25-34(48-3)26-22-32/h10-12,15-16,19-26,29,37,42H,4-9,13-14,17-18,27-28H2,1-3H3,(H,40,46)(H,41,43)(H,44,45). The first-order valence-corrected chi connectivity index (χ1v) is 17.2. The number of benzene rings is 3. The lowest BCUT2D eigenvalue weighted by molar-refractivity contribution is -0.137. The van der Waals surface area contributed by atoms with Crippen LogP contribution in [0.3, 0.4) is 0 Å². The number of methoxy groups -OCH3 is 2. The fraction of sp³-hybridized carbons (Fsp3) is 0.462. The summed E-state index contributed by atoms with van der Waals surface area (Å²) in [5.41, 5.74) is 1.58. The van der Waals surface area contributed by atoms with E-state index in [9.17, 15) is 19.5 Å². The number of ether oxygens (including phenoxy) is 3. The monoisotopic (exact) mass is 676 g/mol. The van der Waals surface area contributed by atoms with Crippen molar-refractivity contribution in [2.75, 3.05) is 27.4 Å². The summed E-state index contributed by atoms with van der Waals surface area (Å²) >= 11 is 0. The zero-order valence-corrected chi connectivity index (χ0v) is 29.0. The average molecular weight is 677 g/mol. The van der Waals surface area contributed by atoms with Crippen molar-refractivity contribution in [1.29, 1.82) is 0 Å². The molecule has 0 aliphatic rings. The van der Waals surface area contributed by atoms with Crippen molar-refractivity contribution >= 4 is 17.8 Å². The van der Waals surface area contributed by atoms with E-state index in [0.717, 1.165) is 55.2 Å². The van der Waals surface area contributed by atoms with Crippen LogP contribution in [-0.2, 0) is 24.7 Å². The van der Waals surface area contributed by atoms with E-state index >= 15 is 0 Å². The summed E-state index contributed by atoms with van der Waals surface area (Å²) in [4.78, 5) is 36.4. The number of nitrogens with one attached hydrogen (secondary N) is 2. The lowest BCUT2D eigenvalue weighted by Crippen LogP contribution is -2.53. The molecule has 2 unspecified atom stereocenters. The zero-order valence-electron chi connectivity index (χ0n) is 29.0. The highest BCUT2D eigenvalue weighted by Gasteiger charge is 2.38. The van der Waals surface area contributed by atoms with E-state index in [4.69, 9.17) is 19.3 Å². The van der Waals surface area contributed by atoms with Gasteiger partial charge in [-0.25, -0.2) is 0 Å². The van der Waals surface area contributed by atoms with E-state index in [1.54, 1.807) is 14.2 Å². The molecular formula is C39H52N2O8. The Labute approximate surface area is 290 Å². The molecule has 2 amide bonds. The average Bonchev–Trinajstić information content (AvgIpc) is 3.11. The van der Waals surface area contributed by atoms with E-state index < -0.39 is 29.6 Å². The maximum atomic E-state index is 13.2. The summed E-state index contributed by atoms with van der Waals surface area (Å²) in [5.74, 6) is -0.109. The second kappa shape index (κ2) is 20.8. The van der Waals surface area contributed by atoms with Crippen molar-refractivity contribution in [3.63, 3.8) is 0 Å². The van der Waals surface area contributed by atoms with E-state index in [0.29, 0.717) is 24.3 Å². The summed E-state index contributed by atoms with van der Waals surface area (Å²) in [6.45, 7) is 1.74. The van der Waals surface area contributed by atoms with Gasteiger partial charge in [-0.15, -0.1) is 0 Å². The van der Waals surface area contributed by atoms with Crippen molar-refractivity contribution in [2.45, 2.75) is 88.9 Å². The number of aliphatic carboxylic acids is 1. The zero-order chi connectivity index (χ0) is 35.5. The maximum Gasteiger partial charge on any atom is 0.303 e. The molecule has 2 atom stereocenters. The van der Waals surface area contributed by atoms with Crippen LogP contribution in [0.4, 0.5) is 0 Å². The first-order chi connectivity index (χ1) is 23.7. The molecule has 3 aromatic carbocycles. The molecule has 0 aromatic heterocycles. The Bertz CT molecular complexity index is 1360. The topological polar surface area (TPSA) is 143 Å². The molecule has 0 saturated carbocycles. The van der Waals surface area contributed by atoms with Gasteiger partial charge in [-0.2, -0.15) is 0 Å². The van der Waals surface area contributed by atoms with Gasteiger partial charge in [0.1, 0.15) is 23.1 Å². The molecule has 10 heteroatoms. The van der Waals surface area contributed by atoms with Crippen LogP contribution in [0, 0.1) is 0 Å². The van der Waals surface area contributed by atoms with Gasteiger partial charge in [0.05, 0.1) is 26.9 Å².